The molecule has 0 unspecified atom stereocenters. The van der Waals surface area contributed by atoms with Gasteiger partial charge in [0.2, 0.25) is 0 Å². The molecule has 0 saturated heterocycles. The van der Waals surface area contributed by atoms with Gasteiger partial charge in [-0.2, -0.15) is 0 Å². The van der Waals surface area contributed by atoms with Crippen molar-refractivity contribution in [3.8, 4) is 55.6 Å². The van der Waals surface area contributed by atoms with Crippen LogP contribution in [0, 0.1) is 6.92 Å². The second kappa shape index (κ2) is 13.1. The van der Waals surface area contributed by atoms with E-state index in [1.165, 1.54) is 134 Å². The Balaban J connectivity index is 0.935. The molecule has 0 atom stereocenters. The Hall–Kier alpha value is -6.96. The van der Waals surface area contributed by atoms with Crippen LogP contribution in [0.15, 0.2) is 170 Å². The zero-order valence-corrected chi connectivity index (χ0v) is 39.6. The van der Waals surface area contributed by atoms with Gasteiger partial charge in [0.15, 0.2) is 0 Å². The summed E-state index contributed by atoms with van der Waals surface area (Å²) in [5.74, 6) is 0. The number of fused-ring (bicyclic) bond motifs is 14. The summed E-state index contributed by atoms with van der Waals surface area (Å²) in [5, 5.41) is 2.65. The molecule has 320 valence electrons. The highest BCUT2D eigenvalue weighted by Crippen LogP contribution is 2.60. The van der Waals surface area contributed by atoms with Crippen molar-refractivity contribution in [1.82, 2.24) is 0 Å². The maximum absolute atomic E-state index is 2.58. The van der Waals surface area contributed by atoms with Crippen LogP contribution in [0.25, 0.3) is 66.4 Å². The number of rotatable bonds is 4. The van der Waals surface area contributed by atoms with Crippen LogP contribution in [-0.4, -0.2) is 0 Å². The first-order valence-electron chi connectivity index (χ1n) is 23.9. The maximum Gasteiger partial charge on any atom is 0.0465 e. The van der Waals surface area contributed by atoms with Gasteiger partial charge in [-0.25, -0.2) is 0 Å². The molecular formula is C65H55N. The Morgan fingerprint density at radius 2 is 0.697 bits per heavy atom. The summed E-state index contributed by atoms with van der Waals surface area (Å²) in [6.07, 6.45) is 0. The monoisotopic (exact) mass is 849 g/mol. The molecule has 4 aliphatic rings. The van der Waals surface area contributed by atoms with Crippen LogP contribution in [0.2, 0.25) is 0 Å². The largest absolute Gasteiger partial charge is 0.310 e. The van der Waals surface area contributed by atoms with E-state index in [2.05, 4.69) is 237 Å². The molecule has 0 N–H and O–H groups in total. The van der Waals surface area contributed by atoms with Crippen LogP contribution in [0.4, 0.5) is 17.1 Å². The highest BCUT2D eigenvalue weighted by molar-refractivity contribution is 6.10. The van der Waals surface area contributed by atoms with Gasteiger partial charge in [0.25, 0.3) is 0 Å². The Morgan fingerprint density at radius 3 is 1.32 bits per heavy atom. The van der Waals surface area contributed by atoms with E-state index in [0.29, 0.717) is 0 Å². The third-order valence-electron chi connectivity index (χ3n) is 16.7. The SMILES string of the molecule is Cc1ccc(N(c2ccc3c(c2)C(C)(C)c2ccccc2-3)c2ccc3c(c2)C(C)(C)c2cc4c(cc2-3)C(C)(C)c2cc(-c3ccc5c(c3)C(C)(C)c3ccccc3-5)c3ccccc3c2-4)cc1. The quantitative estimate of drug-likeness (QED) is 0.171. The number of anilines is 3. The van der Waals surface area contributed by atoms with Crippen molar-refractivity contribution in [2.75, 3.05) is 4.90 Å². The normalized spacial score (nSPS) is 16.4. The fourth-order valence-electron chi connectivity index (χ4n) is 13.0. The summed E-state index contributed by atoms with van der Waals surface area (Å²) in [6.45, 7) is 21.5. The molecule has 0 aliphatic heterocycles. The lowest BCUT2D eigenvalue weighted by Gasteiger charge is -2.30. The van der Waals surface area contributed by atoms with E-state index in [-0.39, 0.29) is 21.7 Å². The van der Waals surface area contributed by atoms with E-state index < -0.39 is 0 Å². The first kappa shape index (κ1) is 39.4. The first-order valence-corrected chi connectivity index (χ1v) is 23.9. The predicted molar refractivity (Wildman–Crippen MR) is 279 cm³/mol. The summed E-state index contributed by atoms with van der Waals surface area (Å²) in [4.78, 5) is 2.47. The third-order valence-corrected chi connectivity index (χ3v) is 16.7. The zero-order chi connectivity index (χ0) is 45.2. The Morgan fingerprint density at radius 1 is 0.288 bits per heavy atom. The fraction of sp³-hybridized carbons (Fsp3) is 0.200. The van der Waals surface area contributed by atoms with Crippen LogP contribution in [0.1, 0.15) is 105 Å². The van der Waals surface area contributed by atoms with Crippen molar-refractivity contribution in [2.24, 2.45) is 0 Å². The molecule has 0 spiro atoms. The van der Waals surface area contributed by atoms with E-state index in [0.717, 1.165) is 0 Å². The first-order chi connectivity index (χ1) is 31.7. The van der Waals surface area contributed by atoms with Gasteiger partial charge >= 0.3 is 0 Å². The number of hydrogen-bond acceptors (Lipinski definition) is 1. The highest BCUT2D eigenvalue weighted by atomic mass is 15.1. The minimum absolute atomic E-state index is 0.0562. The van der Waals surface area contributed by atoms with Crippen LogP contribution >= 0.6 is 0 Å². The van der Waals surface area contributed by atoms with E-state index >= 15 is 0 Å². The Labute approximate surface area is 390 Å². The lowest BCUT2D eigenvalue weighted by atomic mass is 9.78. The van der Waals surface area contributed by atoms with Crippen molar-refractivity contribution < 1.29 is 0 Å². The third kappa shape index (κ3) is 5.12. The number of benzene rings is 9. The molecule has 1 heteroatoms. The average molecular weight is 850 g/mol. The van der Waals surface area contributed by atoms with Crippen molar-refractivity contribution in [3.05, 3.63) is 220 Å². The molecule has 0 fully saturated rings. The van der Waals surface area contributed by atoms with Crippen LogP contribution in [-0.2, 0) is 21.7 Å². The molecule has 0 bridgehead atoms. The van der Waals surface area contributed by atoms with Gasteiger partial charge in [-0.3, -0.25) is 0 Å². The van der Waals surface area contributed by atoms with Gasteiger partial charge in [0.1, 0.15) is 0 Å². The second-order valence-corrected chi connectivity index (χ2v) is 21.8. The minimum atomic E-state index is -0.215. The molecular weight excluding hydrogens is 795 g/mol. The molecule has 9 aromatic carbocycles. The summed E-state index contributed by atoms with van der Waals surface area (Å²) in [7, 11) is 0. The summed E-state index contributed by atoms with van der Waals surface area (Å²) in [5.41, 5.74) is 29.0. The topological polar surface area (TPSA) is 3.24 Å². The minimum Gasteiger partial charge on any atom is -0.310 e. The Kier molecular flexibility index (Phi) is 7.83. The lowest BCUT2D eigenvalue weighted by Crippen LogP contribution is -2.18. The van der Waals surface area contributed by atoms with Crippen molar-refractivity contribution in [2.45, 2.75) is 84.0 Å². The molecule has 0 amide bonds. The molecule has 0 aromatic heterocycles. The van der Waals surface area contributed by atoms with E-state index in [9.17, 15) is 0 Å². The molecule has 0 heterocycles. The van der Waals surface area contributed by atoms with Gasteiger partial charge in [0.05, 0.1) is 0 Å². The maximum atomic E-state index is 2.58. The number of hydrogen-bond donors (Lipinski definition) is 0. The molecule has 0 radical (unpaired) electrons. The molecule has 4 aliphatic carbocycles. The average Bonchev–Trinajstić information content (AvgIpc) is 3.88. The van der Waals surface area contributed by atoms with Gasteiger partial charge in [0, 0.05) is 38.7 Å². The molecule has 66 heavy (non-hydrogen) atoms. The van der Waals surface area contributed by atoms with Crippen LogP contribution < -0.4 is 4.90 Å². The lowest BCUT2D eigenvalue weighted by molar-refractivity contribution is 0.652. The van der Waals surface area contributed by atoms with Gasteiger partial charge < -0.3 is 4.90 Å². The van der Waals surface area contributed by atoms with Crippen molar-refractivity contribution >= 4 is 27.8 Å². The van der Waals surface area contributed by atoms with Gasteiger partial charge in [-0.15, -0.1) is 0 Å². The summed E-state index contributed by atoms with van der Waals surface area (Å²) >= 11 is 0. The number of nitrogens with zero attached hydrogens (tertiary/aromatic N) is 1. The second-order valence-electron chi connectivity index (χ2n) is 21.8. The molecule has 0 saturated carbocycles. The number of aryl methyl sites for hydroxylation is 1. The van der Waals surface area contributed by atoms with E-state index in [4.69, 9.17) is 0 Å². The van der Waals surface area contributed by atoms with Crippen LogP contribution in [0.5, 0.6) is 0 Å². The predicted octanol–water partition coefficient (Wildman–Crippen LogP) is 17.5. The van der Waals surface area contributed by atoms with Gasteiger partial charge in [-0.05, 0) is 179 Å². The Bertz CT molecular complexity index is 3590. The van der Waals surface area contributed by atoms with Gasteiger partial charge in [-0.1, -0.05) is 170 Å². The standard InChI is InChI=1S/C65H55N/c1-38-22-25-40(26-23-38)66(41-27-30-47-45-18-13-15-21-54(45)63(4,5)56(47)33-41)42-28-31-48-51-36-59-52(37-58(51)64(6,7)57(48)34-42)61-49-19-11-10-16-43(49)50(35-60(61)65(59,8)9)39-24-29-46-44-17-12-14-20-53(44)62(2,3)55(46)32-39/h10-37H,1-9H3. The smallest absolute Gasteiger partial charge is 0.0465 e. The molecule has 9 aromatic rings. The molecule has 1 nitrogen and oxygen atoms in total. The van der Waals surface area contributed by atoms with Crippen LogP contribution in [0.3, 0.4) is 0 Å². The molecule has 13 rings (SSSR count). The van der Waals surface area contributed by atoms with E-state index in [1.54, 1.807) is 0 Å². The highest BCUT2D eigenvalue weighted by Gasteiger charge is 2.44. The van der Waals surface area contributed by atoms with E-state index in [1.807, 2.05) is 0 Å². The van der Waals surface area contributed by atoms with Crippen molar-refractivity contribution in [1.29, 1.82) is 0 Å². The van der Waals surface area contributed by atoms with Crippen molar-refractivity contribution in [3.63, 3.8) is 0 Å². The summed E-state index contributed by atoms with van der Waals surface area (Å²) in [6, 6.07) is 65.4. The summed E-state index contributed by atoms with van der Waals surface area (Å²) < 4.78 is 0. The fourth-order valence-corrected chi connectivity index (χ4v) is 13.0. The zero-order valence-electron chi connectivity index (χ0n) is 39.6.